The van der Waals surface area contributed by atoms with Crippen molar-refractivity contribution < 1.29 is 9.90 Å². The number of ketones is 1. The van der Waals surface area contributed by atoms with Gasteiger partial charge in [0, 0.05) is 12.3 Å². The SMILES string of the molecule is CCC(C)CCCCC(O)CC(=O)C(C)C. The lowest BCUT2D eigenvalue weighted by Crippen LogP contribution is -2.17. The van der Waals surface area contributed by atoms with Crippen LogP contribution in [0, 0.1) is 11.8 Å². The van der Waals surface area contributed by atoms with Gasteiger partial charge in [-0.1, -0.05) is 53.4 Å². The smallest absolute Gasteiger partial charge is 0.137 e. The Morgan fingerprint density at radius 3 is 2.19 bits per heavy atom. The van der Waals surface area contributed by atoms with Crippen molar-refractivity contribution in [3.05, 3.63) is 0 Å². The molecule has 0 aromatic heterocycles. The van der Waals surface area contributed by atoms with Gasteiger partial charge in [-0.05, 0) is 12.3 Å². The van der Waals surface area contributed by atoms with Crippen molar-refractivity contribution >= 4 is 5.78 Å². The topological polar surface area (TPSA) is 37.3 Å². The maximum atomic E-state index is 11.4. The average molecular weight is 228 g/mol. The summed E-state index contributed by atoms with van der Waals surface area (Å²) in [5, 5.41) is 9.67. The number of carbonyl (C=O) groups excluding carboxylic acids is 1. The van der Waals surface area contributed by atoms with Crippen LogP contribution in [0.3, 0.4) is 0 Å². The minimum absolute atomic E-state index is 0.0507. The van der Waals surface area contributed by atoms with Crippen LogP contribution in [0.4, 0.5) is 0 Å². The summed E-state index contributed by atoms with van der Waals surface area (Å²) in [6, 6.07) is 0. The second-order valence-electron chi connectivity index (χ2n) is 5.28. The average Bonchev–Trinajstić information content (AvgIpc) is 2.23. The molecule has 0 rings (SSSR count). The number of hydrogen-bond donors (Lipinski definition) is 1. The summed E-state index contributed by atoms with van der Waals surface area (Å²) in [5.74, 6) is 1.01. The molecule has 0 aliphatic heterocycles. The molecule has 0 radical (unpaired) electrons. The predicted molar refractivity (Wildman–Crippen MR) is 68.4 cm³/mol. The molecule has 0 bridgehead atoms. The third kappa shape index (κ3) is 7.86. The van der Waals surface area contributed by atoms with Gasteiger partial charge in [-0.25, -0.2) is 0 Å². The molecule has 2 atom stereocenters. The zero-order valence-electron chi connectivity index (χ0n) is 11.3. The van der Waals surface area contributed by atoms with Gasteiger partial charge in [0.05, 0.1) is 6.10 Å². The van der Waals surface area contributed by atoms with Crippen LogP contribution in [0.25, 0.3) is 0 Å². The first-order chi connectivity index (χ1) is 7.47. The third-order valence-electron chi connectivity index (χ3n) is 3.26. The summed E-state index contributed by atoms with van der Waals surface area (Å²) in [5.41, 5.74) is 0. The number of unbranched alkanes of at least 4 members (excludes halogenated alkanes) is 1. The second-order valence-corrected chi connectivity index (χ2v) is 5.28. The van der Waals surface area contributed by atoms with E-state index in [1.165, 1.54) is 19.3 Å². The maximum Gasteiger partial charge on any atom is 0.137 e. The van der Waals surface area contributed by atoms with Crippen LogP contribution in [0.2, 0.25) is 0 Å². The van der Waals surface area contributed by atoms with Crippen LogP contribution in [0.5, 0.6) is 0 Å². The molecule has 96 valence electrons. The molecule has 0 aliphatic rings. The molecule has 2 nitrogen and oxygen atoms in total. The first kappa shape index (κ1) is 15.6. The molecule has 0 spiro atoms. The zero-order chi connectivity index (χ0) is 12.6. The van der Waals surface area contributed by atoms with Crippen LogP contribution in [0.15, 0.2) is 0 Å². The lowest BCUT2D eigenvalue weighted by atomic mass is 9.97. The quantitative estimate of drug-likeness (QED) is 0.613. The van der Waals surface area contributed by atoms with Crippen LogP contribution >= 0.6 is 0 Å². The summed E-state index contributed by atoms with van der Waals surface area (Å²) in [6.45, 7) is 8.25. The van der Waals surface area contributed by atoms with Crippen molar-refractivity contribution in [1.29, 1.82) is 0 Å². The predicted octanol–water partition coefficient (Wildman–Crippen LogP) is 3.57. The van der Waals surface area contributed by atoms with Crippen molar-refractivity contribution in [2.45, 2.75) is 72.3 Å². The number of hydrogen-bond acceptors (Lipinski definition) is 2. The fraction of sp³-hybridized carbons (Fsp3) is 0.929. The molecule has 16 heavy (non-hydrogen) atoms. The summed E-state index contributed by atoms with van der Waals surface area (Å²) < 4.78 is 0. The summed E-state index contributed by atoms with van der Waals surface area (Å²) in [4.78, 5) is 11.4. The minimum Gasteiger partial charge on any atom is -0.393 e. The summed E-state index contributed by atoms with van der Waals surface area (Å²) in [7, 11) is 0. The van der Waals surface area contributed by atoms with Gasteiger partial charge in [-0.2, -0.15) is 0 Å². The van der Waals surface area contributed by atoms with Crippen molar-refractivity contribution in [2.24, 2.45) is 11.8 Å². The van der Waals surface area contributed by atoms with Gasteiger partial charge in [-0.15, -0.1) is 0 Å². The summed E-state index contributed by atoms with van der Waals surface area (Å²) >= 11 is 0. The second kappa shape index (κ2) is 8.74. The van der Waals surface area contributed by atoms with E-state index in [-0.39, 0.29) is 11.7 Å². The lowest BCUT2D eigenvalue weighted by molar-refractivity contribution is -0.123. The monoisotopic (exact) mass is 228 g/mol. The van der Waals surface area contributed by atoms with Crippen molar-refractivity contribution in [1.82, 2.24) is 0 Å². The van der Waals surface area contributed by atoms with E-state index in [2.05, 4.69) is 13.8 Å². The summed E-state index contributed by atoms with van der Waals surface area (Å²) in [6.07, 6.45) is 5.36. The molecule has 0 saturated carbocycles. The Bertz CT molecular complexity index is 187. The normalized spacial score (nSPS) is 15.1. The largest absolute Gasteiger partial charge is 0.393 e. The molecule has 0 amide bonds. The first-order valence-electron chi connectivity index (χ1n) is 6.68. The number of aliphatic hydroxyl groups is 1. The molecule has 0 fully saturated rings. The van der Waals surface area contributed by atoms with Gasteiger partial charge >= 0.3 is 0 Å². The van der Waals surface area contributed by atoms with Crippen LogP contribution in [-0.2, 0) is 4.79 Å². The Balaban J connectivity index is 3.51. The standard InChI is InChI=1S/C14H28O2/c1-5-12(4)8-6-7-9-13(15)10-14(16)11(2)3/h11-13,15H,5-10H2,1-4H3. The fourth-order valence-electron chi connectivity index (χ4n) is 1.65. The molecule has 0 aromatic rings. The van der Waals surface area contributed by atoms with E-state index in [0.717, 1.165) is 18.8 Å². The Labute approximate surface area is 100 Å². The Morgan fingerprint density at radius 2 is 1.69 bits per heavy atom. The number of aliphatic hydroxyl groups excluding tert-OH is 1. The fourth-order valence-corrected chi connectivity index (χ4v) is 1.65. The van der Waals surface area contributed by atoms with Crippen molar-refractivity contribution in [3.63, 3.8) is 0 Å². The molecule has 0 saturated heterocycles. The lowest BCUT2D eigenvalue weighted by Gasteiger charge is -2.12. The third-order valence-corrected chi connectivity index (χ3v) is 3.26. The van der Waals surface area contributed by atoms with E-state index in [9.17, 15) is 9.90 Å². The molecule has 0 aromatic carbocycles. The van der Waals surface area contributed by atoms with E-state index in [1.807, 2.05) is 13.8 Å². The Morgan fingerprint density at radius 1 is 1.12 bits per heavy atom. The Kier molecular flexibility index (Phi) is 8.54. The highest BCUT2D eigenvalue weighted by molar-refractivity contribution is 5.80. The number of carbonyl (C=O) groups is 1. The minimum atomic E-state index is -0.424. The van der Waals surface area contributed by atoms with Gasteiger partial charge in [0.1, 0.15) is 5.78 Å². The molecule has 2 unspecified atom stereocenters. The van der Waals surface area contributed by atoms with E-state index >= 15 is 0 Å². The van der Waals surface area contributed by atoms with E-state index < -0.39 is 6.10 Å². The van der Waals surface area contributed by atoms with Crippen LogP contribution in [0.1, 0.15) is 66.2 Å². The van der Waals surface area contributed by atoms with Gasteiger partial charge in [0.2, 0.25) is 0 Å². The molecule has 0 aliphatic carbocycles. The van der Waals surface area contributed by atoms with E-state index in [0.29, 0.717) is 6.42 Å². The molecule has 2 heteroatoms. The van der Waals surface area contributed by atoms with Gasteiger partial charge in [0.25, 0.3) is 0 Å². The van der Waals surface area contributed by atoms with E-state index in [4.69, 9.17) is 0 Å². The molecule has 0 heterocycles. The number of rotatable bonds is 9. The highest BCUT2D eigenvalue weighted by atomic mass is 16.3. The highest BCUT2D eigenvalue weighted by Crippen LogP contribution is 2.14. The van der Waals surface area contributed by atoms with Gasteiger partial charge in [0.15, 0.2) is 0 Å². The first-order valence-corrected chi connectivity index (χ1v) is 6.68. The van der Waals surface area contributed by atoms with Crippen molar-refractivity contribution in [2.75, 3.05) is 0 Å². The van der Waals surface area contributed by atoms with Crippen molar-refractivity contribution in [3.8, 4) is 0 Å². The maximum absolute atomic E-state index is 11.4. The Hall–Kier alpha value is -0.370. The molecular weight excluding hydrogens is 200 g/mol. The highest BCUT2D eigenvalue weighted by Gasteiger charge is 2.13. The molecular formula is C14H28O2. The van der Waals surface area contributed by atoms with Crippen LogP contribution < -0.4 is 0 Å². The van der Waals surface area contributed by atoms with Crippen LogP contribution in [-0.4, -0.2) is 17.0 Å². The van der Waals surface area contributed by atoms with Gasteiger partial charge in [-0.3, -0.25) is 4.79 Å². The number of Topliss-reactive ketones (excluding diaryl/α,β-unsaturated/α-hetero) is 1. The van der Waals surface area contributed by atoms with Gasteiger partial charge < -0.3 is 5.11 Å². The zero-order valence-corrected chi connectivity index (χ0v) is 11.3. The molecule has 1 N–H and O–H groups in total. The van der Waals surface area contributed by atoms with E-state index in [1.54, 1.807) is 0 Å².